The Kier molecular flexibility index (Phi) is 3.94. The number of alkyl halides is 4. The van der Waals surface area contributed by atoms with Crippen LogP contribution in [0.1, 0.15) is 18.0 Å². The van der Waals surface area contributed by atoms with Crippen LogP contribution in [0.4, 0.5) is 17.6 Å². The Hall–Kier alpha value is -1.48. The van der Waals surface area contributed by atoms with E-state index < -0.39 is 35.1 Å². The average Bonchev–Trinajstić information content (AvgIpc) is 2.99. The smallest absolute Gasteiger partial charge is 0.293 e. The lowest BCUT2D eigenvalue weighted by Crippen LogP contribution is -2.42. The van der Waals surface area contributed by atoms with Gasteiger partial charge in [0.2, 0.25) is 5.17 Å². The fraction of sp³-hybridized carbons (Fsp3) is 0.462. The van der Waals surface area contributed by atoms with Crippen molar-refractivity contribution in [1.29, 1.82) is 0 Å². The summed E-state index contributed by atoms with van der Waals surface area (Å²) in [6, 6.07) is 8.69. The Morgan fingerprint density at radius 1 is 1.32 bits per heavy atom. The Morgan fingerprint density at radius 3 is 2.64 bits per heavy atom. The SMILES string of the molecule is O=S(CC(F)(F)F)C1=NC2[C@@H](F)C[C@@H](c3ccccc3)N2N1. The molecule has 0 radical (unpaired) electrons. The molecule has 0 saturated carbocycles. The monoisotopic (exact) mass is 335 g/mol. The van der Waals surface area contributed by atoms with E-state index in [9.17, 15) is 21.8 Å². The maximum Gasteiger partial charge on any atom is 0.400 e. The van der Waals surface area contributed by atoms with Crippen molar-refractivity contribution in [2.75, 3.05) is 5.75 Å². The van der Waals surface area contributed by atoms with E-state index in [0.717, 1.165) is 5.56 Å². The van der Waals surface area contributed by atoms with Gasteiger partial charge in [0.25, 0.3) is 0 Å². The number of nitrogens with zero attached hydrogens (tertiary/aromatic N) is 2. The van der Waals surface area contributed by atoms with Crippen molar-refractivity contribution in [3.05, 3.63) is 35.9 Å². The largest absolute Gasteiger partial charge is 0.400 e. The van der Waals surface area contributed by atoms with Crippen molar-refractivity contribution in [1.82, 2.24) is 10.4 Å². The lowest BCUT2D eigenvalue weighted by atomic mass is 10.1. The van der Waals surface area contributed by atoms with Gasteiger partial charge in [-0.05, 0) is 5.56 Å². The van der Waals surface area contributed by atoms with Crippen molar-refractivity contribution >= 4 is 16.0 Å². The second-order valence-corrected chi connectivity index (χ2v) is 6.52. The molecular weight excluding hydrogens is 322 g/mol. The first-order valence-electron chi connectivity index (χ1n) is 6.62. The molecule has 1 aromatic carbocycles. The molecule has 2 aliphatic rings. The number of nitrogens with one attached hydrogen (secondary N) is 1. The molecule has 9 heteroatoms. The highest BCUT2D eigenvalue weighted by Gasteiger charge is 2.47. The van der Waals surface area contributed by atoms with E-state index in [4.69, 9.17) is 0 Å². The number of halogens is 4. The standard InChI is InChI=1S/C13H13F4N3OS/c14-9-6-10(8-4-2-1-3-5-8)20-11(9)18-12(19-20)22(21)7-13(15,16)17/h1-5,9-11H,6-7H2,(H,18,19)/t9-,10-,11?,22?/m0/s1. The number of fused-ring (bicyclic) bond motifs is 1. The van der Waals surface area contributed by atoms with Crippen LogP contribution in [-0.4, -0.2) is 38.7 Å². The Labute approximate surface area is 126 Å². The van der Waals surface area contributed by atoms with Gasteiger partial charge in [-0.3, -0.25) is 9.63 Å². The third-order valence-electron chi connectivity index (χ3n) is 3.56. The highest BCUT2D eigenvalue weighted by molar-refractivity contribution is 8.00. The number of amidine groups is 1. The van der Waals surface area contributed by atoms with Crippen LogP contribution in [-0.2, 0) is 10.8 Å². The summed E-state index contributed by atoms with van der Waals surface area (Å²) in [5.74, 6) is -1.49. The summed E-state index contributed by atoms with van der Waals surface area (Å²) in [4.78, 5) is 3.85. The summed E-state index contributed by atoms with van der Waals surface area (Å²) >= 11 is 0. The van der Waals surface area contributed by atoms with Crippen LogP contribution in [0.2, 0.25) is 0 Å². The fourth-order valence-corrected chi connectivity index (χ4v) is 3.52. The zero-order valence-corrected chi connectivity index (χ0v) is 12.1. The average molecular weight is 335 g/mol. The summed E-state index contributed by atoms with van der Waals surface area (Å²) in [6.07, 6.45) is -6.63. The first-order chi connectivity index (χ1) is 10.3. The molecule has 0 aliphatic carbocycles. The van der Waals surface area contributed by atoms with Gasteiger partial charge in [-0.2, -0.15) is 18.2 Å². The van der Waals surface area contributed by atoms with Gasteiger partial charge in [-0.25, -0.2) is 9.38 Å². The molecule has 1 aromatic rings. The fourth-order valence-electron chi connectivity index (χ4n) is 2.65. The van der Waals surface area contributed by atoms with E-state index in [1.165, 1.54) is 5.01 Å². The molecular formula is C13H13F4N3OS. The maximum absolute atomic E-state index is 14.1. The molecule has 0 aromatic heterocycles. The third kappa shape index (κ3) is 3.00. The van der Waals surface area contributed by atoms with E-state index in [-0.39, 0.29) is 17.6 Å². The van der Waals surface area contributed by atoms with E-state index in [0.29, 0.717) is 0 Å². The van der Waals surface area contributed by atoms with E-state index >= 15 is 0 Å². The number of rotatable bonds is 2. The van der Waals surface area contributed by atoms with Crippen LogP contribution >= 0.6 is 0 Å². The van der Waals surface area contributed by atoms with Crippen molar-refractivity contribution in [2.24, 2.45) is 4.99 Å². The number of hydrogen-bond acceptors (Lipinski definition) is 4. The van der Waals surface area contributed by atoms with Gasteiger partial charge < -0.3 is 0 Å². The van der Waals surface area contributed by atoms with Gasteiger partial charge in [0.1, 0.15) is 11.9 Å². The molecule has 1 saturated heterocycles. The molecule has 120 valence electrons. The third-order valence-corrected chi connectivity index (χ3v) is 4.78. The Bertz CT molecular complexity index is 607. The zero-order chi connectivity index (χ0) is 15.9. The Balaban J connectivity index is 1.77. The van der Waals surface area contributed by atoms with Crippen LogP contribution in [0.5, 0.6) is 0 Å². The highest BCUT2D eigenvalue weighted by atomic mass is 32.2. The van der Waals surface area contributed by atoms with Crippen LogP contribution < -0.4 is 5.43 Å². The lowest BCUT2D eigenvalue weighted by Gasteiger charge is -2.23. The summed E-state index contributed by atoms with van der Waals surface area (Å²) in [7, 11) is -2.35. The summed E-state index contributed by atoms with van der Waals surface area (Å²) in [6.45, 7) is 0. The second-order valence-electron chi connectivity index (χ2n) is 5.15. The van der Waals surface area contributed by atoms with Gasteiger partial charge in [-0.15, -0.1) is 0 Å². The Morgan fingerprint density at radius 2 is 2.00 bits per heavy atom. The minimum Gasteiger partial charge on any atom is -0.293 e. The maximum atomic E-state index is 14.1. The molecule has 3 rings (SSSR count). The van der Waals surface area contributed by atoms with Crippen molar-refractivity contribution < 1.29 is 21.8 Å². The van der Waals surface area contributed by atoms with Crippen LogP contribution in [0.15, 0.2) is 35.3 Å². The number of hydrogen-bond donors (Lipinski definition) is 1. The molecule has 0 spiro atoms. The highest BCUT2D eigenvalue weighted by Crippen LogP contribution is 2.39. The van der Waals surface area contributed by atoms with E-state index in [2.05, 4.69) is 10.4 Å². The first-order valence-corrected chi connectivity index (χ1v) is 7.94. The van der Waals surface area contributed by atoms with Crippen molar-refractivity contribution in [2.45, 2.75) is 31.0 Å². The first kappa shape index (κ1) is 15.4. The summed E-state index contributed by atoms with van der Waals surface area (Å²) in [5, 5.41) is 1.13. The molecule has 1 fully saturated rings. The van der Waals surface area contributed by atoms with Crippen molar-refractivity contribution in [3.8, 4) is 0 Å². The number of aliphatic imine (C=N–C) groups is 1. The number of benzene rings is 1. The van der Waals surface area contributed by atoms with E-state index in [1.807, 2.05) is 18.2 Å². The summed E-state index contributed by atoms with van der Waals surface area (Å²) < 4.78 is 62.7. The number of hydrazine groups is 1. The molecule has 4 atom stereocenters. The second kappa shape index (κ2) is 5.62. The van der Waals surface area contributed by atoms with E-state index in [1.54, 1.807) is 12.1 Å². The normalized spacial score (nSPS) is 29.8. The van der Waals surface area contributed by atoms with Crippen molar-refractivity contribution in [3.63, 3.8) is 0 Å². The van der Waals surface area contributed by atoms with Gasteiger partial charge in [0.05, 0.1) is 16.8 Å². The minimum atomic E-state index is -4.56. The van der Waals surface area contributed by atoms with Crippen LogP contribution in [0.3, 0.4) is 0 Å². The van der Waals surface area contributed by atoms with Gasteiger partial charge in [0, 0.05) is 6.42 Å². The molecule has 2 aliphatic heterocycles. The summed E-state index contributed by atoms with van der Waals surface area (Å²) in [5.41, 5.74) is 3.43. The molecule has 0 amide bonds. The molecule has 1 N–H and O–H groups in total. The molecule has 22 heavy (non-hydrogen) atoms. The molecule has 2 heterocycles. The predicted molar refractivity (Wildman–Crippen MR) is 74.0 cm³/mol. The molecule has 4 nitrogen and oxygen atoms in total. The van der Waals surface area contributed by atoms with Crippen LogP contribution in [0.25, 0.3) is 0 Å². The topological polar surface area (TPSA) is 44.7 Å². The lowest BCUT2D eigenvalue weighted by molar-refractivity contribution is -0.105. The van der Waals surface area contributed by atoms with Gasteiger partial charge in [0.15, 0.2) is 6.17 Å². The van der Waals surface area contributed by atoms with Gasteiger partial charge >= 0.3 is 6.18 Å². The zero-order valence-electron chi connectivity index (χ0n) is 11.3. The molecule has 2 unspecified atom stereocenters. The van der Waals surface area contributed by atoms with Crippen LogP contribution in [0, 0.1) is 0 Å². The van der Waals surface area contributed by atoms with Gasteiger partial charge in [-0.1, -0.05) is 30.3 Å². The minimum absolute atomic E-state index is 0.185. The predicted octanol–water partition coefficient (Wildman–Crippen LogP) is 2.28. The molecule has 0 bridgehead atoms. The quantitative estimate of drug-likeness (QED) is 0.844.